The number of hydrogen-bond acceptors (Lipinski definition) is 6. The van der Waals surface area contributed by atoms with E-state index < -0.39 is 0 Å². The van der Waals surface area contributed by atoms with Crippen LogP contribution in [-0.4, -0.2) is 63.3 Å². The van der Waals surface area contributed by atoms with Gasteiger partial charge in [-0.1, -0.05) is 0 Å². The molecule has 0 radical (unpaired) electrons. The monoisotopic (exact) mass is 504 g/mol. The second kappa shape index (κ2) is 11.0. The Bertz CT molecular complexity index is 1150. The summed E-state index contributed by atoms with van der Waals surface area (Å²) >= 11 is 0. The number of rotatable bonds is 7. The van der Waals surface area contributed by atoms with Crippen LogP contribution < -0.4 is 14.4 Å². The minimum atomic E-state index is 0.00369. The lowest BCUT2D eigenvalue weighted by atomic mass is 9.85. The Morgan fingerprint density at radius 1 is 0.946 bits per heavy atom. The van der Waals surface area contributed by atoms with E-state index in [9.17, 15) is 14.4 Å². The molecule has 2 aromatic rings. The third kappa shape index (κ3) is 5.22. The molecule has 0 aromatic heterocycles. The molecule has 1 atom stereocenters. The summed E-state index contributed by atoms with van der Waals surface area (Å²) in [6.07, 6.45) is 6.12. The van der Waals surface area contributed by atoms with Crippen LogP contribution >= 0.6 is 0 Å². The molecule has 7 heteroatoms. The summed E-state index contributed by atoms with van der Waals surface area (Å²) in [5.41, 5.74) is 3.60. The zero-order valence-corrected chi connectivity index (χ0v) is 21.8. The Balaban J connectivity index is 1.10. The van der Waals surface area contributed by atoms with Gasteiger partial charge < -0.3 is 19.3 Å². The lowest BCUT2D eigenvalue weighted by Crippen LogP contribution is -2.45. The van der Waals surface area contributed by atoms with Gasteiger partial charge in [-0.25, -0.2) is 0 Å². The number of carbonyl (C=O) groups excluding carboxylic acids is 3. The summed E-state index contributed by atoms with van der Waals surface area (Å²) in [4.78, 5) is 41.6. The SMILES string of the molecule is COc1cc2c(cc1OC)C(=O)[C@@H](CC1CCN(C(=O)C3CCN(c4ccc(C=O)cc4)CC3)CC1)C2. The van der Waals surface area contributed by atoms with E-state index in [1.165, 1.54) is 0 Å². The lowest BCUT2D eigenvalue weighted by Gasteiger charge is -2.38. The van der Waals surface area contributed by atoms with E-state index in [1.54, 1.807) is 14.2 Å². The minimum Gasteiger partial charge on any atom is -0.493 e. The van der Waals surface area contributed by atoms with Gasteiger partial charge in [0.2, 0.25) is 5.91 Å². The highest BCUT2D eigenvalue weighted by atomic mass is 16.5. The van der Waals surface area contributed by atoms with E-state index in [2.05, 4.69) is 9.80 Å². The van der Waals surface area contributed by atoms with Crippen molar-refractivity contribution in [2.24, 2.45) is 17.8 Å². The van der Waals surface area contributed by atoms with E-state index >= 15 is 0 Å². The standard InChI is InChI=1S/C30H36N2O5/c1-36-27-17-23-16-24(29(34)26(23)18-28(27)37-2)15-20-7-11-32(12-8-20)30(35)22-9-13-31(14-10-22)25-5-3-21(19-33)4-6-25/h3-6,17-20,22,24H,7-16H2,1-2H3/t24-/m0/s1. The molecule has 0 N–H and O–H groups in total. The molecular weight excluding hydrogens is 468 g/mol. The molecule has 196 valence electrons. The number of likely N-dealkylation sites (tertiary alicyclic amines) is 1. The lowest BCUT2D eigenvalue weighted by molar-refractivity contribution is -0.137. The molecule has 2 saturated heterocycles. The van der Waals surface area contributed by atoms with Crippen LogP contribution in [0, 0.1) is 17.8 Å². The first-order chi connectivity index (χ1) is 18.0. The van der Waals surface area contributed by atoms with Gasteiger partial charge in [0, 0.05) is 54.8 Å². The van der Waals surface area contributed by atoms with Crippen LogP contribution in [0.1, 0.15) is 58.4 Å². The number of fused-ring (bicyclic) bond motifs is 1. The van der Waals surface area contributed by atoms with E-state index in [0.29, 0.717) is 23.0 Å². The zero-order chi connectivity index (χ0) is 25.9. The number of hydrogen-bond donors (Lipinski definition) is 0. The predicted octanol–water partition coefficient (Wildman–Crippen LogP) is 4.42. The summed E-state index contributed by atoms with van der Waals surface area (Å²) < 4.78 is 10.8. The van der Waals surface area contributed by atoms with E-state index in [-0.39, 0.29) is 23.5 Å². The predicted molar refractivity (Wildman–Crippen MR) is 142 cm³/mol. The van der Waals surface area contributed by atoms with Crippen molar-refractivity contribution in [2.45, 2.75) is 38.5 Å². The molecule has 0 unspecified atom stereocenters. The molecule has 7 nitrogen and oxygen atoms in total. The summed E-state index contributed by atoms with van der Waals surface area (Å²) in [5, 5.41) is 0. The van der Waals surface area contributed by atoms with Gasteiger partial charge in [0.25, 0.3) is 0 Å². The number of piperidine rings is 2. The number of Topliss-reactive ketones (excluding diaryl/α,β-unsaturated/α-hetero) is 1. The number of ether oxygens (including phenoxy) is 2. The first-order valence-electron chi connectivity index (χ1n) is 13.4. The first kappa shape index (κ1) is 25.3. The van der Waals surface area contributed by atoms with Crippen molar-refractivity contribution in [1.29, 1.82) is 0 Å². The molecule has 2 aliphatic heterocycles. The molecule has 1 aliphatic carbocycles. The van der Waals surface area contributed by atoms with Crippen molar-refractivity contribution < 1.29 is 23.9 Å². The minimum absolute atomic E-state index is 0.00369. The van der Waals surface area contributed by atoms with E-state index in [0.717, 1.165) is 87.8 Å². The third-order valence-electron chi connectivity index (χ3n) is 8.49. The molecular formula is C30H36N2O5. The number of amides is 1. The summed E-state index contributed by atoms with van der Waals surface area (Å²) in [6.45, 7) is 3.28. The number of ketones is 1. The van der Waals surface area contributed by atoms with Gasteiger partial charge in [-0.2, -0.15) is 0 Å². The third-order valence-corrected chi connectivity index (χ3v) is 8.49. The van der Waals surface area contributed by atoms with Gasteiger partial charge in [0.1, 0.15) is 6.29 Å². The molecule has 2 fully saturated rings. The molecule has 2 heterocycles. The Hall–Kier alpha value is -3.35. The van der Waals surface area contributed by atoms with Crippen LogP contribution in [0.3, 0.4) is 0 Å². The molecule has 0 bridgehead atoms. The number of anilines is 1. The Labute approximate surface area is 218 Å². The first-order valence-corrected chi connectivity index (χ1v) is 13.4. The number of methoxy groups -OCH3 is 2. The van der Waals surface area contributed by atoms with E-state index in [4.69, 9.17) is 9.47 Å². The summed E-state index contributed by atoms with van der Waals surface area (Å²) in [6, 6.07) is 11.4. The topological polar surface area (TPSA) is 76.2 Å². The van der Waals surface area contributed by atoms with Crippen molar-refractivity contribution in [3.05, 3.63) is 53.1 Å². The maximum Gasteiger partial charge on any atom is 0.225 e. The van der Waals surface area contributed by atoms with Gasteiger partial charge in [-0.15, -0.1) is 0 Å². The summed E-state index contributed by atoms with van der Waals surface area (Å²) in [7, 11) is 3.21. The Kier molecular flexibility index (Phi) is 7.49. The summed E-state index contributed by atoms with van der Waals surface area (Å²) in [5.74, 6) is 2.32. The Morgan fingerprint density at radius 3 is 2.22 bits per heavy atom. The number of nitrogens with zero attached hydrogens (tertiary/aromatic N) is 2. The average molecular weight is 505 g/mol. The van der Waals surface area contributed by atoms with Crippen molar-refractivity contribution in [3.63, 3.8) is 0 Å². The van der Waals surface area contributed by atoms with Crippen LogP contribution in [0.2, 0.25) is 0 Å². The number of aldehydes is 1. The second-order valence-corrected chi connectivity index (χ2v) is 10.6. The highest BCUT2D eigenvalue weighted by molar-refractivity contribution is 6.03. The Morgan fingerprint density at radius 2 is 1.59 bits per heavy atom. The molecule has 37 heavy (non-hydrogen) atoms. The molecule has 2 aromatic carbocycles. The zero-order valence-electron chi connectivity index (χ0n) is 21.8. The fraction of sp³-hybridized carbons (Fsp3) is 0.500. The van der Waals surface area contributed by atoms with Crippen molar-refractivity contribution in [2.75, 3.05) is 45.3 Å². The molecule has 0 spiro atoms. The van der Waals surface area contributed by atoms with Gasteiger partial charge >= 0.3 is 0 Å². The van der Waals surface area contributed by atoms with Gasteiger partial charge in [0.05, 0.1) is 14.2 Å². The number of benzene rings is 2. The van der Waals surface area contributed by atoms with Gasteiger partial charge in [-0.05, 0) is 86.4 Å². The van der Waals surface area contributed by atoms with Crippen molar-refractivity contribution >= 4 is 23.7 Å². The maximum atomic E-state index is 13.2. The van der Waals surface area contributed by atoms with Crippen molar-refractivity contribution in [3.8, 4) is 11.5 Å². The van der Waals surface area contributed by atoms with E-state index in [1.807, 2.05) is 36.4 Å². The smallest absolute Gasteiger partial charge is 0.225 e. The van der Waals surface area contributed by atoms with Gasteiger partial charge in [-0.3, -0.25) is 14.4 Å². The quantitative estimate of drug-likeness (QED) is 0.520. The van der Waals surface area contributed by atoms with Crippen LogP contribution in [0.5, 0.6) is 11.5 Å². The maximum absolute atomic E-state index is 13.2. The molecule has 3 aliphatic rings. The van der Waals surface area contributed by atoms with Crippen LogP contribution in [-0.2, 0) is 11.2 Å². The number of carbonyl (C=O) groups is 3. The normalized spacial score (nSPS) is 20.6. The van der Waals surface area contributed by atoms with Crippen LogP contribution in [0.15, 0.2) is 36.4 Å². The van der Waals surface area contributed by atoms with Gasteiger partial charge in [0.15, 0.2) is 17.3 Å². The molecule has 5 rings (SSSR count). The molecule has 1 amide bonds. The molecule has 0 saturated carbocycles. The largest absolute Gasteiger partial charge is 0.493 e. The van der Waals surface area contributed by atoms with Crippen molar-refractivity contribution in [1.82, 2.24) is 4.90 Å². The van der Waals surface area contributed by atoms with Crippen LogP contribution in [0.25, 0.3) is 0 Å². The highest BCUT2D eigenvalue weighted by Gasteiger charge is 2.36. The fourth-order valence-corrected chi connectivity index (χ4v) is 6.29. The highest BCUT2D eigenvalue weighted by Crippen LogP contribution is 2.39. The fourth-order valence-electron chi connectivity index (χ4n) is 6.29. The van der Waals surface area contributed by atoms with Crippen LogP contribution in [0.4, 0.5) is 5.69 Å². The average Bonchev–Trinajstić information content (AvgIpc) is 3.26. The second-order valence-electron chi connectivity index (χ2n) is 10.6.